The molecule has 2 rings (SSSR count). The summed E-state index contributed by atoms with van der Waals surface area (Å²) >= 11 is 0. The first-order chi connectivity index (χ1) is 8.28. The lowest BCUT2D eigenvalue weighted by atomic mass is 9.75. The Balaban J connectivity index is 1.55. The summed E-state index contributed by atoms with van der Waals surface area (Å²) in [7, 11) is 0. The van der Waals surface area contributed by atoms with E-state index in [1.807, 2.05) is 0 Å². The number of likely N-dealkylation sites (tertiary alicyclic amines) is 1. The van der Waals surface area contributed by atoms with Gasteiger partial charge < -0.3 is 10.1 Å². The van der Waals surface area contributed by atoms with E-state index < -0.39 is 0 Å². The van der Waals surface area contributed by atoms with E-state index in [-0.39, 0.29) is 0 Å². The van der Waals surface area contributed by atoms with Crippen LogP contribution in [0.4, 0.5) is 0 Å². The predicted octanol–water partition coefficient (Wildman–Crippen LogP) is 1.88. The number of hydrogen-bond acceptors (Lipinski definition) is 3. The lowest BCUT2D eigenvalue weighted by molar-refractivity contribution is -0.0408. The molecule has 1 N–H and O–H groups in total. The maximum atomic E-state index is 5.94. The number of nitrogens with one attached hydrogen (secondary N) is 1. The van der Waals surface area contributed by atoms with Gasteiger partial charge in [0.1, 0.15) is 0 Å². The summed E-state index contributed by atoms with van der Waals surface area (Å²) in [4.78, 5) is 2.55. The number of nitrogens with zero attached hydrogens (tertiary/aromatic N) is 1. The zero-order valence-corrected chi connectivity index (χ0v) is 11.5. The molecular weight excluding hydrogens is 212 g/mol. The van der Waals surface area contributed by atoms with Crippen LogP contribution in [0.1, 0.15) is 39.5 Å². The first-order valence-corrected chi connectivity index (χ1v) is 7.33. The molecule has 2 fully saturated rings. The van der Waals surface area contributed by atoms with E-state index in [4.69, 9.17) is 4.74 Å². The minimum absolute atomic E-state index is 0.514. The topological polar surface area (TPSA) is 24.5 Å². The van der Waals surface area contributed by atoms with Crippen LogP contribution < -0.4 is 5.32 Å². The van der Waals surface area contributed by atoms with Crippen LogP contribution in [0.5, 0.6) is 0 Å². The molecule has 0 aliphatic carbocycles. The van der Waals surface area contributed by atoms with Crippen LogP contribution in [-0.2, 0) is 4.74 Å². The van der Waals surface area contributed by atoms with Crippen LogP contribution in [0, 0.1) is 5.41 Å². The molecule has 2 aliphatic rings. The van der Waals surface area contributed by atoms with Gasteiger partial charge in [0.15, 0.2) is 0 Å². The van der Waals surface area contributed by atoms with Crippen molar-refractivity contribution in [3.8, 4) is 0 Å². The van der Waals surface area contributed by atoms with E-state index in [1.54, 1.807) is 0 Å². The molecule has 2 saturated heterocycles. The summed E-state index contributed by atoms with van der Waals surface area (Å²) in [5, 5.41) is 3.37. The van der Waals surface area contributed by atoms with Crippen LogP contribution in [0.2, 0.25) is 0 Å². The van der Waals surface area contributed by atoms with E-state index in [0.717, 1.165) is 26.2 Å². The second kappa shape index (κ2) is 6.17. The summed E-state index contributed by atoms with van der Waals surface area (Å²) in [6.45, 7) is 11.5. The Bertz CT molecular complexity index is 214. The highest BCUT2D eigenvalue weighted by molar-refractivity contribution is 4.92. The van der Waals surface area contributed by atoms with E-state index in [0.29, 0.717) is 11.5 Å². The maximum absolute atomic E-state index is 5.94. The van der Waals surface area contributed by atoms with Crippen molar-refractivity contribution in [3.05, 3.63) is 0 Å². The lowest BCUT2D eigenvalue weighted by Crippen LogP contribution is -2.56. The molecule has 3 heteroatoms. The van der Waals surface area contributed by atoms with Gasteiger partial charge in [-0.25, -0.2) is 0 Å². The standard InChI is InChI=1S/C14H28N2O/c1-3-14(4-2)11-16(12-14)9-10-17-13-5-7-15-8-6-13/h13,15H,3-12H2,1-2H3. The molecule has 0 unspecified atom stereocenters. The molecule has 100 valence electrons. The van der Waals surface area contributed by atoms with E-state index in [2.05, 4.69) is 24.1 Å². The van der Waals surface area contributed by atoms with Crippen molar-refractivity contribution in [3.63, 3.8) is 0 Å². The quantitative estimate of drug-likeness (QED) is 0.767. The molecule has 0 amide bonds. The van der Waals surface area contributed by atoms with Crippen molar-refractivity contribution < 1.29 is 4.74 Å². The molecule has 0 bridgehead atoms. The van der Waals surface area contributed by atoms with Crippen LogP contribution in [-0.4, -0.2) is 50.3 Å². The highest BCUT2D eigenvalue weighted by atomic mass is 16.5. The predicted molar refractivity (Wildman–Crippen MR) is 71.3 cm³/mol. The van der Waals surface area contributed by atoms with Crippen molar-refractivity contribution in [1.29, 1.82) is 0 Å². The number of rotatable bonds is 6. The van der Waals surface area contributed by atoms with Crippen molar-refractivity contribution in [2.24, 2.45) is 5.41 Å². The summed E-state index contributed by atoms with van der Waals surface area (Å²) in [5.41, 5.74) is 0.634. The van der Waals surface area contributed by atoms with Crippen molar-refractivity contribution in [2.75, 3.05) is 39.3 Å². The van der Waals surface area contributed by atoms with E-state index in [9.17, 15) is 0 Å². The van der Waals surface area contributed by atoms with Crippen molar-refractivity contribution >= 4 is 0 Å². The molecular formula is C14H28N2O. The summed E-state index contributed by atoms with van der Waals surface area (Å²) in [6, 6.07) is 0. The van der Waals surface area contributed by atoms with Gasteiger partial charge in [-0.3, -0.25) is 4.90 Å². The molecule has 0 aromatic heterocycles. The normalized spacial score (nSPS) is 25.8. The fraction of sp³-hybridized carbons (Fsp3) is 1.00. The Morgan fingerprint density at radius 1 is 1.18 bits per heavy atom. The molecule has 0 spiro atoms. The van der Waals surface area contributed by atoms with Crippen LogP contribution in [0.15, 0.2) is 0 Å². The van der Waals surface area contributed by atoms with Crippen LogP contribution in [0.25, 0.3) is 0 Å². The molecule has 0 aromatic carbocycles. The molecule has 0 aromatic rings. The van der Waals surface area contributed by atoms with Gasteiger partial charge in [-0.1, -0.05) is 13.8 Å². The van der Waals surface area contributed by atoms with Gasteiger partial charge in [-0.2, -0.15) is 0 Å². The molecule has 2 heterocycles. The minimum atomic E-state index is 0.514. The van der Waals surface area contributed by atoms with Gasteiger partial charge in [-0.15, -0.1) is 0 Å². The summed E-state index contributed by atoms with van der Waals surface area (Å²) in [6.07, 6.45) is 5.55. The maximum Gasteiger partial charge on any atom is 0.0600 e. The van der Waals surface area contributed by atoms with Crippen molar-refractivity contribution in [1.82, 2.24) is 10.2 Å². The average molecular weight is 240 g/mol. The lowest BCUT2D eigenvalue weighted by Gasteiger charge is -2.50. The second-order valence-electron chi connectivity index (χ2n) is 5.74. The zero-order chi connectivity index (χ0) is 12.1. The molecule has 0 radical (unpaired) electrons. The molecule has 3 nitrogen and oxygen atoms in total. The fourth-order valence-electron chi connectivity index (χ4n) is 3.07. The molecule has 0 atom stereocenters. The van der Waals surface area contributed by atoms with Gasteiger partial charge in [0, 0.05) is 19.6 Å². The van der Waals surface area contributed by atoms with Gasteiger partial charge in [0.25, 0.3) is 0 Å². The first kappa shape index (κ1) is 13.3. The average Bonchev–Trinajstić information content (AvgIpc) is 2.34. The summed E-state index contributed by atoms with van der Waals surface area (Å²) in [5.74, 6) is 0. The summed E-state index contributed by atoms with van der Waals surface area (Å²) < 4.78 is 5.94. The SMILES string of the molecule is CCC1(CC)CN(CCOC2CCNCC2)C1. The molecule has 2 aliphatic heterocycles. The molecule has 0 saturated carbocycles. The largest absolute Gasteiger partial charge is 0.377 e. The Morgan fingerprint density at radius 2 is 1.82 bits per heavy atom. The van der Waals surface area contributed by atoms with Crippen LogP contribution in [0.3, 0.4) is 0 Å². The Morgan fingerprint density at radius 3 is 2.41 bits per heavy atom. The number of ether oxygens (including phenoxy) is 1. The number of piperidine rings is 1. The molecule has 17 heavy (non-hydrogen) atoms. The first-order valence-electron chi connectivity index (χ1n) is 7.33. The Kier molecular flexibility index (Phi) is 4.83. The van der Waals surface area contributed by atoms with Crippen molar-refractivity contribution in [2.45, 2.75) is 45.6 Å². The van der Waals surface area contributed by atoms with E-state index in [1.165, 1.54) is 38.8 Å². The van der Waals surface area contributed by atoms with Gasteiger partial charge >= 0.3 is 0 Å². The Hall–Kier alpha value is -0.120. The minimum Gasteiger partial charge on any atom is -0.377 e. The third-order valence-corrected chi connectivity index (χ3v) is 4.67. The smallest absolute Gasteiger partial charge is 0.0600 e. The third kappa shape index (κ3) is 3.43. The fourth-order valence-corrected chi connectivity index (χ4v) is 3.07. The van der Waals surface area contributed by atoms with Gasteiger partial charge in [-0.05, 0) is 44.2 Å². The zero-order valence-electron chi connectivity index (χ0n) is 11.5. The van der Waals surface area contributed by atoms with Gasteiger partial charge in [0.05, 0.1) is 12.7 Å². The van der Waals surface area contributed by atoms with Crippen LogP contribution >= 0.6 is 0 Å². The monoisotopic (exact) mass is 240 g/mol. The highest BCUT2D eigenvalue weighted by Gasteiger charge is 2.39. The second-order valence-corrected chi connectivity index (χ2v) is 5.74. The number of hydrogen-bond donors (Lipinski definition) is 1. The highest BCUT2D eigenvalue weighted by Crippen LogP contribution is 2.36. The third-order valence-electron chi connectivity index (χ3n) is 4.67. The Labute approximate surface area is 106 Å². The van der Waals surface area contributed by atoms with Gasteiger partial charge in [0.2, 0.25) is 0 Å². The van der Waals surface area contributed by atoms with E-state index >= 15 is 0 Å².